The summed E-state index contributed by atoms with van der Waals surface area (Å²) in [7, 11) is 0. The van der Waals surface area contributed by atoms with E-state index in [2.05, 4.69) is 19.2 Å². The average Bonchev–Trinajstić information content (AvgIpc) is 2.37. The van der Waals surface area contributed by atoms with E-state index in [0.717, 1.165) is 12.1 Å². The lowest BCUT2D eigenvalue weighted by molar-refractivity contribution is 0.1000. The highest BCUT2D eigenvalue weighted by atomic mass is 32.2. The van der Waals surface area contributed by atoms with Crippen LogP contribution in [0.25, 0.3) is 0 Å². The molecule has 0 radical (unpaired) electrons. The van der Waals surface area contributed by atoms with Crippen molar-refractivity contribution in [1.29, 1.82) is 0 Å². The van der Waals surface area contributed by atoms with Crippen molar-refractivity contribution in [1.82, 2.24) is 5.32 Å². The van der Waals surface area contributed by atoms with Crippen molar-refractivity contribution < 1.29 is 4.79 Å². The van der Waals surface area contributed by atoms with Crippen LogP contribution >= 0.6 is 11.8 Å². The van der Waals surface area contributed by atoms with Crippen LogP contribution in [0, 0.1) is 6.92 Å². The highest BCUT2D eigenvalue weighted by Gasteiger charge is 2.06. The zero-order valence-electron chi connectivity index (χ0n) is 12.0. The summed E-state index contributed by atoms with van der Waals surface area (Å²) in [5.74, 6) is 2.01. The second-order valence-corrected chi connectivity index (χ2v) is 6.17. The standard InChI is InChI=1S/C15H24N2OS/c1-4-19-8-7-12(3)17-10-14-6-5-13(15(16)18)9-11(14)2/h5-6,9,12,17H,4,7-8,10H2,1-3H3,(H2,16,18). The Kier molecular flexibility index (Phi) is 6.95. The van der Waals surface area contributed by atoms with Crippen molar-refractivity contribution in [2.24, 2.45) is 5.73 Å². The molecule has 0 fully saturated rings. The Morgan fingerprint density at radius 2 is 2.21 bits per heavy atom. The Morgan fingerprint density at radius 1 is 1.47 bits per heavy atom. The molecule has 1 aromatic carbocycles. The maximum atomic E-state index is 11.1. The third kappa shape index (κ3) is 5.66. The Morgan fingerprint density at radius 3 is 2.79 bits per heavy atom. The van der Waals surface area contributed by atoms with Gasteiger partial charge in [0.05, 0.1) is 0 Å². The van der Waals surface area contributed by atoms with Gasteiger partial charge in [0.2, 0.25) is 5.91 Å². The van der Waals surface area contributed by atoms with Crippen LogP contribution in [0.5, 0.6) is 0 Å². The number of nitrogens with one attached hydrogen (secondary N) is 1. The van der Waals surface area contributed by atoms with Gasteiger partial charge in [-0.25, -0.2) is 0 Å². The maximum absolute atomic E-state index is 11.1. The summed E-state index contributed by atoms with van der Waals surface area (Å²) in [6.45, 7) is 7.25. The zero-order valence-corrected chi connectivity index (χ0v) is 12.8. The minimum Gasteiger partial charge on any atom is -0.366 e. The van der Waals surface area contributed by atoms with Gasteiger partial charge in [0.25, 0.3) is 0 Å². The molecule has 3 N–H and O–H groups in total. The number of primary amides is 1. The predicted molar refractivity (Wildman–Crippen MR) is 83.6 cm³/mol. The molecule has 0 aliphatic heterocycles. The molecule has 1 unspecified atom stereocenters. The zero-order chi connectivity index (χ0) is 14.3. The van der Waals surface area contributed by atoms with Crippen LogP contribution in [0.3, 0.4) is 0 Å². The van der Waals surface area contributed by atoms with Gasteiger partial charge in [-0.1, -0.05) is 13.0 Å². The SMILES string of the molecule is CCSCCC(C)NCc1ccc(C(N)=O)cc1C. The smallest absolute Gasteiger partial charge is 0.248 e. The summed E-state index contributed by atoms with van der Waals surface area (Å²) in [5.41, 5.74) is 8.18. The molecule has 0 spiro atoms. The van der Waals surface area contributed by atoms with Crippen molar-refractivity contribution in [3.05, 3.63) is 34.9 Å². The van der Waals surface area contributed by atoms with E-state index in [0.29, 0.717) is 11.6 Å². The van der Waals surface area contributed by atoms with Crippen molar-refractivity contribution in [2.45, 2.75) is 39.8 Å². The van der Waals surface area contributed by atoms with Gasteiger partial charge in [0.15, 0.2) is 0 Å². The van der Waals surface area contributed by atoms with Gasteiger partial charge in [-0.05, 0) is 55.0 Å². The topological polar surface area (TPSA) is 55.1 Å². The van der Waals surface area contributed by atoms with Crippen molar-refractivity contribution >= 4 is 17.7 Å². The number of hydrogen-bond acceptors (Lipinski definition) is 3. The monoisotopic (exact) mass is 280 g/mol. The van der Waals surface area contributed by atoms with Gasteiger partial charge >= 0.3 is 0 Å². The molecule has 0 saturated carbocycles. The first kappa shape index (κ1) is 16.1. The molecule has 1 rings (SSSR count). The molecular formula is C15H24N2OS. The van der Waals surface area contributed by atoms with Crippen LogP contribution in [-0.2, 0) is 6.54 Å². The molecule has 0 heterocycles. The normalized spacial score (nSPS) is 12.4. The summed E-state index contributed by atoms with van der Waals surface area (Å²) in [6, 6.07) is 6.14. The number of thioether (sulfide) groups is 1. The van der Waals surface area contributed by atoms with E-state index in [9.17, 15) is 4.79 Å². The first-order chi connectivity index (χ1) is 9.04. The van der Waals surface area contributed by atoms with Gasteiger partial charge in [0.1, 0.15) is 0 Å². The number of rotatable bonds is 8. The number of carbonyl (C=O) groups excluding carboxylic acids is 1. The Balaban J connectivity index is 2.47. The molecule has 1 atom stereocenters. The molecule has 0 aromatic heterocycles. The number of hydrogen-bond donors (Lipinski definition) is 2. The number of nitrogens with two attached hydrogens (primary N) is 1. The minimum atomic E-state index is -0.368. The molecular weight excluding hydrogens is 256 g/mol. The van der Waals surface area contributed by atoms with E-state index < -0.39 is 0 Å². The van der Waals surface area contributed by atoms with E-state index in [-0.39, 0.29) is 5.91 Å². The highest BCUT2D eigenvalue weighted by Crippen LogP contribution is 2.11. The molecule has 0 saturated heterocycles. The first-order valence-corrected chi connectivity index (χ1v) is 7.90. The number of carbonyl (C=O) groups is 1. The second kappa shape index (κ2) is 8.23. The average molecular weight is 280 g/mol. The summed E-state index contributed by atoms with van der Waals surface area (Å²) in [5, 5.41) is 3.52. The molecule has 0 aliphatic carbocycles. The number of amides is 1. The van der Waals surface area contributed by atoms with Gasteiger partial charge in [-0.2, -0.15) is 11.8 Å². The van der Waals surface area contributed by atoms with E-state index in [1.165, 1.54) is 23.5 Å². The number of aryl methyl sites for hydroxylation is 1. The quantitative estimate of drug-likeness (QED) is 0.720. The van der Waals surface area contributed by atoms with Crippen LogP contribution in [-0.4, -0.2) is 23.5 Å². The summed E-state index contributed by atoms with van der Waals surface area (Å²) in [6.07, 6.45) is 1.18. The molecule has 0 bridgehead atoms. The van der Waals surface area contributed by atoms with E-state index in [1.54, 1.807) is 6.07 Å². The third-order valence-corrected chi connectivity index (χ3v) is 4.10. The van der Waals surface area contributed by atoms with Crippen molar-refractivity contribution in [3.63, 3.8) is 0 Å². The van der Waals surface area contributed by atoms with Gasteiger partial charge in [0, 0.05) is 18.2 Å². The van der Waals surface area contributed by atoms with Crippen LogP contribution in [0.4, 0.5) is 0 Å². The lowest BCUT2D eigenvalue weighted by Crippen LogP contribution is -2.26. The van der Waals surface area contributed by atoms with Crippen LogP contribution in [0.1, 0.15) is 41.8 Å². The van der Waals surface area contributed by atoms with Gasteiger partial charge in [-0.3, -0.25) is 4.79 Å². The molecule has 1 amide bonds. The summed E-state index contributed by atoms with van der Waals surface area (Å²) >= 11 is 1.98. The minimum absolute atomic E-state index is 0.368. The highest BCUT2D eigenvalue weighted by molar-refractivity contribution is 7.99. The molecule has 3 nitrogen and oxygen atoms in total. The van der Waals surface area contributed by atoms with Crippen molar-refractivity contribution in [3.8, 4) is 0 Å². The van der Waals surface area contributed by atoms with Crippen LogP contribution < -0.4 is 11.1 Å². The van der Waals surface area contributed by atoms with Gasteiger partial charge in [-0.15, -0.1) is 0 Å². The fraction of sp³-hybridized carbons (Fsp3) is 0.533. The Bertz CT molecular complexity index is 421. The van der Waals surface area contributed by atoms with Crippen LogP contribution in [0.2, 0.25) is 0 Å². The molecule has 106 valence electrons. The summed E-state index contributed by atoms with van der Waals surface area (Å²) < 4.78 is 0. The Labute approximate surface area is 120 Å². The van der Waals surface area contributed by atoms with E-state index >= 15 is 0 Å². The van der Waals surface area contributed by atoms with Gasteiger partial charge < -0.3 is 11.1 Å². The third-order valence-electron chi connectivity index (χ3n) is 3.17. The molecule has 0 aliphatic rings. The second-order valence-electron chi connectivity index (χ2n) is 4.77. The fourth-order valence-electron chi connectivity index (χ4n) is 1.84. The van der Waals surface area contributed by atoms with Crippen molar-refractivity contribution in [2.75, 3.05) is 11.5 Å². The fourth-order valence-corrected chi connectivity index (χ4v) is 2.65. The Hall–Kier alpha value is -1.00. The molecule has 19 heavy (non-hydrogen) atoms. The van der Waals surface area contributed by atoms with E-state index in [4.69, 9.17) is 5.73 Å². The largest absolute Gasteiger partial charge is 0.366 e. The lowest BCUT2D eigenvalue weighted by Gasteiger charge is -2.15. The molecule has 1 aromatic rings. The predicted octanol–water partition coefficient (Wildman–Crippen LogP) is 2.72. The number of benzene rings is 1. The maximum Gasteiger partial charge on any atom is 0.248 e. The molecule has 4 heteroatoms. The lowest BCUT2D eigenvalue weighted by atomic mass is 10.0. The van der Waals surface area contributed by atoms with E-state index in [1.807, 2.05) is 30.8 Å². The van der Waals surface area contributed by atoms with Crippen LogP contribution in [0.15, 0.2) is 18.2 Å². The summed E-state index contributed by atoms with van der Waals surface area (Å²) in [4.78, 5) is 11.1. The first-order valence-electron chi connectivity index (χ1n) is 6.75.